The molecular formula is C25H29N3O. The van der Waals surface area contributed by atoms with Gasteiger partial charge in [-0.1, -0.05) is 37.6 Å². The largest absolute Gasteiger partial charge is 0.295 e. The monoisotopic (exact) mass is 387 g/mol. The molecule has 4 aliphatic rings. The molecule has 2 fully saturated rings. The fraction of sp³-hybridized carbons (Fsp3) is 0.560. The Morgan fingerprint density at radius 2 is 1.79 bits per heavy atom. The number of ketones is 1. The Morgan fingerprint density at radius 1 is 0.966 bits per heavy atom. The lowest BCUT2D eigenvalue weighted by molar-refractivity contribution is -0.117. The highest BCUT2D eigenvalue weighted by Crippen LogP contribution is 2.64. The van der Waals surface area contributed by atoms with Crippen LogP contribution in [0, 0.1) is 23.2 Å². The summed E-state index contributed by atoms with van der Waals surface area (Å²) in [6.07, 6.45) is 9.61. The van der Waals surface area contributed by atoms with Crippen LogP contribution in [0.25, 0.3) is 5.69 Å². The van der Waals surface area contributed by atoms with Gasteiger partial charge in [0.25, 0.3) is 0 Å². The van der Waals surface area contributed by atoms with Crippen molar-refractivity contribution in [2.75, 3.05) is 0 Å². The second-order valence-corrected chi connectivity index (χ2v) is 10.2. The molecule has 1 aromatic carbocycles. The number of carbonyl (C=O) groups excluding carboxylic acids is 1. The highest BCUT2D eigenvalue weighted by Gasteiger charge is 2.59. The molecule has 150 valence electrons. The van der Waals surface area contributed by atoms with E-state index in [1.54, 1.807) is 0 Å². The summed E-state index contributed by atoms with van der Waals surface area (Å²) in [5, 5.41) is 9.94. The minimum Gasteiger partial charge on any atom is -0.295 e. The molecule has 2 aromatic rings. The molecule has 5 atom stereocenters. The van der Waals surface area contributed by atoms with Gasteiger partial charge in [-0.15, -0.1) is 0 Å². The van der Waals surface area contributed by atoms with Gasteiger partial charge >= 0.3 is 0 Å². The Kier molecular flexibility index (Phi) is 3.58. The first-order valence-corrected chi connectivity index (χ1v) is 11.2. The number of nitrogens with zero attached hydrogens (tertiary/aromatic N) is 3. The Labute approximate surface area is 172 Å². The van der Waals surface area contributed by atoms with Crippen LogP contribution in [0.4, 0.5) is 0 Å². The van der Waals surface area contributed by atoms with Gasteiger partial charge in [0.15, 0.2) is 5.78 Å². The van der Waals surface area contributed by atoms with Crippen molar-refractivity contribution in [3.8, 4) is 5.69 Å². The number of carbonyl (C=O) groups is 1. The third-order valence-corrected chi connectivity index (χ3v) is 8.98. The zero-order valence-corrected chi connectivity index (χ0v) is 17.4. The molecule has 1 heterocycles. The number of para-hydroxylation sites is 1. The molecule has 0 aliphatic heterocycles. The average molecular weight is 388 g/mol. The number of allylic oxidation sites excluding steroid dienone is 2. The third-order valence-electron chi connectivity index (χ3n) is 8.98. The lowest BCUT2D eigenvalue weighted by atomic mass is 9.47. The Bertz CT molecular complexity index is 1020. The van der Waals surface area contributed by atoms with Crippen LogP contribution in [-0.4, -0.2) is 20.8 Å². The summed E-state index contributed by atoms with van der Waals surface area (Å²) >= 11 is 0. The van der Waals surface area contributed by atoms with Gasteiger partial charge in [0.1, 0.15) is 0 Å². The summed E-state index contributed by atoms with van der Waals surface area (Å²) in [6, 6.07) is 10.3. The van der Waals surface area contributed by atoms with Crippen LogP contribution < -0.4 is 0 Å². The number of rotatable bonds is 1. The van der Waals surface area contributed by atoms with E-state index < -0.39 is 0 Å². The number of aromatic nitrogens is 3. The smallest absolute Gasteiger partial charge is 0.155 e. The predicted octanol–water partition coefficient (Wildman–Crippen LogP) is 4.81. The van der Waals surface area contributed by atoms with Crippen LogP contribution in [0.2, 0.25) is 0 Å². The molecule has 4 nitrogen and oxygen atoms in total. The molecule has 4 aliphatic carbocycles. The van der Waals surface area contributed by atoms with Crippen LogP contribution >= 0.6 is 0 Å². The van der Waals surface area contributed by atoms with E-state index in [-0.39, 0.29) is 10.8 Å². The molecule has 29 heavy (non-hydrogen) atoms. The maximum Gasteiger partial charge on any atom is 0.155 e. The highest BCUT2D eigenvalue weighted by molar-refractivity contribution is 5.91. The Balaban J connectivity index is 1.35. The van der Waals surface area contributed by atoms with E-state index in [9.17, 15) is 4.79 Å². The molecule has 1 aromatic heterocycles. The van der Waals surface area contributed by atoms with E-state index >= 15 is 0 Å². The normalized spacial score (nSPS) is 37.9. The molecular weight excluding hydrogens is 358 g/mol. The second kappa shape index (κ2) is 5.90. The summed E-state index contributed by atoms with van der Waals surface area (Å²) in [5.41, 5.74) is 5.33. The van der Waals surface area contributed by atoms with E-state index in [1.807, 2.05) is 29.1 Å². The minimum absolute atomic E-state index is 0.144. The van der Waals surface area contributed by atoms with Crippen molar-refractivity contribution in [3.05, 3.63) is 53.4 Å². The summed E-state index contributed by atoms with van der Waals surface area (Å²) in [6.45, 7) is 4.90. The third kappa shape index (κ3) is 2.35. The molecule has 2 saturated carbocycles. The first kappa shape index (κ1) is 17.6. The topological polar surface area (TPSA) is 47.8 Å². The van der Waals surface area contributed by atoms with Crippen molar-refractivity contribution in [2.45, 2.75) is 64.2 Å². The minimum atomic E-state index is 0.144. The number of benzene rings is 1. The van der Waals surface area contributed by atoms with Gasteiger partial charge in [-0.2, -0.15) is 15.0 Å². The molecule has 4 heteroatoms. The molecule has 6 rings (SSSR count). The van der Waals surface area contributed by atoms with Crippen LogP contribution in [-0.2, 0) is 16.6 Å². The molecule has 0 unspecified atom stereocenters. The van der Waals surface area contributed by atoms with Crippen LogP contribution in [0.3, 0.4) is 0 Å². The van der Waals surface area contributed by atoms with Crippen molar-refractivity contribution in [3.63, 3.8) is 0 Å². The van der Waals surface area contributed by atoms with Crippen LogP contribution in [0.5, 0.6) is 0 Å². The van der Waals surface area contributed by atoms with Crippen molar-refractivity contribution in [1.82, 2.24) is 15.0 Å². The van der Waals surface area contributed by atoms with Crippen molar-refractivity contribution >= 4 is 5.78 Å². The maximum atomic E-state index is 12.0. The van der Waals surface area contributed by atoms with Gasteiger partial charge in [0.05, 0.1) is 17.1 Å². The first-order valence-electron chi connectivity index (χ1n) is 11.2. The van der Waals surface area contributed by atoms with Crippen LogP contribution in [0.15, 0.2) is 42.0 Å². The lowest BCUT2D eigenvalue weighted by Crippen LogP contribution is -2.51. The second-order valence-electron chi connectivity index (χ2n) is 10.2. The molecule has 0 bridgehead atoms. The maximum absolute atomic E-state index is 12.0. The van der Waals surface area contributed by atoms with Gasteiger partial charge in [-0.05, 0) is 79.9 Å². The molecule has 0 amide bonds. The predicted molar refractivity (Wildman–Crippen MR) is 112 cm³/mol. The summed E-state index contributed by atoms with van der Waals surface area (Å²) in [7, 11) is 0. The SMILES string of the molecule is C[C@]12CCC(=O)C=C1CC[C@@H]1[C@@H]2CC[C@]2(C)c3nn(-c4ccccc4)nc3C[C@@H]12. The quantitative estimate of drug-likeness (QED) is 0.705. The number of hydrogen-bond donors (Lipinski definition) is 0. The van der Waals surface area contributed by atoms with Crippen LogP contribution in [0.1, 0.15) is 63.8 Å². The van der Waals surface area contributed by atoms with Crippen molar-refractivity contribution in [2.24, 2.45) is 23.2 Å². The lowest BCUT2D eigenvalue weighted by Gasteiger charge is -2.57. The highest BCUT2D eigenvalue weighted by atomic mass is 16.1. The Hall–Kier alpha value is -2.23. The van der Waals surface area contributed by atoms with E-state index in [2.05, 4.69) is 26.0 Å². The van der Waals surface area contributed by atoms with Crippen molar-refractivity contribution in [1.29, 1.82) is 0 Å². The molecule has 0 radical (unpaired) electrons. The summed E-state index contributed by atoms with van der Waals surface area (Å²) < 4.78 is 0. The average Bonchev–Trinajstić information content (AvgIpc) is 3.27. The van der Waals surface area contributed by atoms with Gasteiger partial charge in [0.2, 0.25) is 0 Å². The molecule has 0 saturated heterocycles. The van der Waals surface area contributed by atoms with Gasteiger partial charge in [-0.3, -0.25) is 4.79 Å². The fourth-order valence-electron chi connectivity index (χ4n) is 7.35. The standard InChI is InChI=1S/C25H29N3O/c1-24-12-10-18(29)14-16(24)8-9-19-20(24)11-13-25(2)21(19)15-22-23(25)27-28(26-22)17-6-4-3-5-7-17/h3-7,14,19-21H,8-13,15H2,1-2H3/t19-,20+,21+,24+,25+/m1/s1. The van der Waals surface area contributed by atoms with Gasteiger partial charge in [0, 0.05) is 11.8 Å². The fourth-order valence-corrected chi connectivity index (χ4v) is 7.35. The van der Waals surface area contributed by atoms with Gasteiger partial charge < -0.3 is 0 Å². The van der Waals surface area contributed by atoms with E-state index in [4.69, 9.17) is 10.2 Å². The molecule has 0 spiro atoms. The summed E-state index contributed by atoms with van der Waals surface area (Å²) in [5.74, 6) is 2.42. The van der Waals surface area contributed by atoms with Gasteiger partial charge in [-0.25, -0.2) is 0 Å². The molecule has 0 N–H and O–H groups in total. The Morgan fingerprint density at radius 3 is 2.62 bits per heavy atom. The number of fused-ring (bicyclic) bond motifs is 7. The van der Waals surface area contributed by atoms with E-state index in [0.717, 1.165) is 37.3 Å². The van der Waals surface area contributed by atoms with E-state index in [0.29, 0.717) is 17.6 Å². The van der Waals surface area contributed by atoms with Crippen molar-refractivity contribution < 1.29 is 4.79 Å². The summed E-state index contributed by atoms with van der Waals surface area (Å²) in [4.78, 5) is 13.9. The first-order chi connectivity index (χ1) is 14.0. The number of hydrogen-bond acceptors (Lipinski definition) is 3. The van der Waals surface area contributed by atoms with E-state index in [1.165, 1.54) is 36.2 Å². The zero-order chi connectivity index (χ0) is 19.8. The zero-order valence-electron chi connectivity index (χ0n) is 17.4.